The molecule has 1 aromatic carbocycles. The molecule has 2 aliphatic rings. The first-order chi connectivity index (χ1) is 19.3. The number of methoxy groups -OCH3 is 1. The molecular weight excluding hydrogens is 520 g/mol. The van der Waals surface area contributed by atoms with Crippen molar-refractivity contribution < 1.29 is 18.3 Å². The molecule has 2 saturated heterocycles. The molecule has 3 N–H and O–H groups in total. The molecule has 2 fully saturated rings. The van der Waals surface area contributed by atoms with E-state index in [9.17, 15) is 13.6 Å². The van der Waals surface area contributed by atoms with Crippen molar-refractivity contribution in [3.05, 3.63) is 42.6 Å². The van der Waals surface area contributed by atoms with Gasteiger partial charge in [0.15, 0.2) is 5.82 Å². The van der Waals surface area contributed by atoms with E-state index < -0.39 is 18.0 Å². The Morgan fingerprint density at radius 3 is 2.85 bits per heavy atom. The number of hydrogen-bond donors (Lipinski definition) is 3. The first kappa shape index (κ1) is 26.1. The smallest absolute Gasteiger partial charge is 0.256 e. The van der Waals surface area contributed by atoms with Gasteiger partial charge < -0.3 is 25.3 Å². The van der Waals surface area contributed by atoms with Crippen molar-refractivity contribution >= 4 is 34.1 Å². The number of carbonyl (C=O) groups excluding carboxylic acids is 1. The second-order valence-electron chi connectivity index (χ2n) is 10.4. The van der Waals surface area contributed by atoms with Crippen LogP contribution in [0.15, 0.2) is 36.8 Å². The van der Waals surface area contributed by atoms with Crippen LogP contribution in [-0.4, -0.2) is 92.5 Å². The number of aryl methyl sites for hydroxylation is 1. The van der Waals surface area contributed by atoms with Crippen LogP contribution in [0.25, 0.3) is 22.2 Å². The molecule has 0 unspecified atom stereocenters. The summed E-state index contributed by atoms with van der Waals surface area (Å²) >= 11 is 0. The summed E-state index contributed by atoms with van der Waals surface area (Å²) in [6.45, 7) is 2.02. The molecule has 11 nitrogen and oxygen atoms in total. The van der Waals surface area contributed by atoms with Gasteiger partial charge in [-0.3, -0.25) is 14.4 Å². The number of benzene rings is 1. The van der Waals surface area contributed by atoms with Gasteiger partial charge in [-0.2, -0.15) is 0 Å². The van der Waals surface area contributed by atoms with Crippen molar-refractivity contribution in [2.24, 2.45) is 7.05 Å². The van der Waals surface area contributed by atoms with Crippen molar-refractivity contribution in [1.29, 1.82) is 0 Å². The fraction of sp³-hybridized carbons (Fsp3) is 0.407. The zero-order valence-electron chi connectivity index (χ0n) is 22.5. The molecule has 5 heterocycles. The molecule has 13 heteroatoms. The Morgan fingerprint density at radius 1 is 1.23 bits per heavy atom. The van der Waals surface area contributed by atoms with Crippen LogP contribution in [0, 0.1) is 5.82 Å². The van der Waals surface area contributed by atoms with E-state index in [1.54, 1.807) is 36.3 Å². The number of rotatable bonds is 7. The number of hydrogen-bond acceptors (Lipinski definition) is 8. The molecule has 1 amide bonds. The lowest BCUT2D eigenvalue weighted by Gasteiger charge is -2.29. The quantitative estimate of drug-likeness (QED) is 0.321. The number of fused-ring (bicyclic) bond motifs is 1. The van der Waals surface area contributed by atoms with Crippen LogP contribution in [0.5, 0.6) is 5.88 Å². The number of alkyl halides is 1. The SMILES string of the molecule is COc1nn(C)cc1Nc1ncc(F)c(-c2c[nH]c3c(NC(=O)[C@H]4C[C@H](F)CN4[C@H]4CCN(C)C4)cccc23)n1. The lowest BCUT2D eigenvalue weighted by atomic mass is 10.1. The van der Waals surface area contributed by atoms with Gasteiger partial charge in [-0.25, -0.2) is 18.7 Å². The second kappa shape index (κ2) is 10.5. The molecule has 40 heavy (non-hydrogen) atoms. The molecule has 210 valence electrons. The fourth-order valence-corrected chi connectivity index (χ4v) is 5.76. The summed E-state index contributed by atoms with van der Waals surface area (Å²) in [7, 11) is 5.29. The average molecular weight is 552 g/mol. The van der Waals surface area contributed by atoms with Gasteiger partial charge in [0.25, 0.3) is 5.88 Å². The molecule has 0 radical (unpaired) electrons. The van der Waals surface area contributed by atoms with E-state index in [0.29, 0.717) is 33.7 Å². The molecule has 3 aromatic heterocycles. The lowest BCUT2D eigenvalue weighted by molar-refractivity contribution is -0.121. The highest BCUT2D eigenvalue weighted by Gasteiger charge is 2.42. The summed E-state index contributed by atoms with van der Waals surface area (Å²) in [6.07, 6.45) is 4.49. The van der Waals surface area contributed by atoms with Gasteiger partial charge in [-0.1, -0.05) is 12.1 Å². The highest BCUT2D eigenvalue weighted by molar-refractivity contribution is 6.06. The highest BCUT2D eigenvalue weighted by Crippen LogP contribution is 2.35. The third-order valence-corrected chi connectivity index (χ3v) is 7.63. The Morgan fingerprint density at radius 2 is 2.08 bits per heavy atom. The predicted octanol–water partition coefficient (Wildman–Crippen LogP) is 3.30. The zero-order valence-corrected chi connectivity index (χ0v) is 22.5. The van der Waals surface area contributed by atoms with Gasteiger partial charge in [0.05, 0.1) is 36.7 Å². The van der Waals surface area contributed by atoms with Crippen LogP contribution in [0.3, 0.4) is 0 Å². The monoisotopic (exact) mass is 551 g/mol. The van der Waals surface area contributed by atoms with E-state index in [1.165, 1.54) is 7.11 Å². The standard InChI is InChI=1S/C27H31F2N9O2/c1-36-8-7-16(13-36)38-12-15(28)9-22(38)25(39)32-20-6-4-5-17-18(10-30-24(17)20)23-19(29)11-31-27(34-23)33-21-14-37(2)35-26(21)40-3/h4-6,10-11,14-16,22,30H,7-9,12-13H2,1-3H3,(H,32,39)(H,31,33,34)/t15-,16-,22+/m0/s1. The molecule has 0 bridgehead atoms. The number of nitrogens with zero attached hydrogens (tertiary/aromatic N) is 6. The van der Waals surface area contributed by atoms with Crippen LogP contribution >= 0.6 is 0 Å². The number of anilines is 3. The van der Waals surface area contributed by atoms with Crippen molar-refractivity contribution in [3.63, 3.8) is 0 Å². The first-order valence-corrected chi connectivity index (χ1v) is 13.2. The van der Waals surface area contributed by atoms with Crippen LogP contribution < -0.4 is 15.4 Å². The molecule has 0 spiro atoms. The van der Waals surface area contributed by atoms with Crippen LogP contribution in [0.4, 0.5) is 26.1 Å². The van der Waals surface area contributed by atoms with Gasteiger partial charge in [-0.15, -0.1) is 5.10 Å². The van der Waals surface area contributed by atoms with E-state index in [-0.39, 0.29) is 36.6 Å². The molecule has 3 atom stereocenters. The zero-order chi connectivity index (χ0) is 28.0. The lowest BCUT2D eigenvalue weighted by Crippen LogP contribution is -2.46. The number of nitrogens with one attached hydrogen (secondary N) is 3. The Bertz CT molecular complexity index is 1550. The topological polar surface area (TPSA) is 116 Å². The molecule has 4 aromatic rings. The van der Waals surface area contributed by atoms with Crippen molar-refractivity contribution in [3.8, 4) is 17.1 Å². The number of likely N-dealkylation sites (N-methyl/N-ethyl adjacent to an activating group) is 1. The van der Waals surface area contributed by atoms with Crippen LogP contribution in [0.1, 0.15) is 12.8 Å². The molecule has 6 rings (SSSR count). The van der Waals surface area contributed by atoms with Crippen molar-refractivity contribution in [1.82, 2.24) is 34.5 Å². The average Bonchev–Trinajstić information content (AvgIpc) is 3.71. The minimum absolute atomic E-state index is 0.0858. The molecule has 0 aliphatic carbocycles. The van der Waals surface area contributed by atoms with Gasteiger partial charge in [0.1, 0.15) is 17.6 Å². The van der Waals surface area contributed by atoms with E-state index in [2.05, 4.69) is 35.6 Å². The number of likely N-dealkylation sites (tertiary alicyclic amines) is 2. The summed E-state index contributed by atoms with van der Waals surface area (Å²) in [6, 6.07) is 4.99. The van der Waals surface area contributed by atoms with Gasteiger partial charge in [-0.05, 0) is 26.1 Å². The number of carbonyl (C=O) groups is 1. The van der Waals surface area contributed by atoms with E-state index in [4.69, 9.17) is 4.74 Å². The largest absolute Gasteiger partial charge is 0.478 e. The first-order valence-electron chi connectivity index (χ1n) is 13.2. The third-order valence-electron chi connectivity index (χ3n) is 7.63. The fourth-order valence-electron chi connectivity index (χ4n) is 5.76. The molecular formula is C27H31F2N9O2. The second-order valence-corrected chi connectivity index (χ2v) is 10.4. The summed E-state index contributed by atoms with van der Waals surface area (Å²) in [5.74, 6) is -0.329. The van der Waals surface area contributed by atoms with Crippen LogP contribution in [0.2, 0.25) is 0 Å². The van der Waals surface area contributed by atoms with Crippen molar-refractivity contribution in [2.75, 3.05) is 44.4 Å². The normalized spacial score (nSPS) is 21.8. The predicted molar refractivity (Wildman–Crippen MR) is 147 cm³/mol. The number of H-pyrrole nitrogens is 1. The Hall–Kier alpha value is -4.10. The Labute approximate surface area is 229 Å². The Balaban J connectivity index is 1.26. The van der Waals surface area contributed by atoms with E-state index in [0.717, 1.165) is 25.7 Å². The maximum atomic E-state index is 15.0. The number of ether oxygens (including phenoxy) is 1. The minimum Gasteiger partial charge on any atom is -0.478 e. The number of amides is 1. The molecule has 0 saturated carbocycles. The van der Waals surface area contributed by atoms with Gasteiger partial charge >= 0.3 is 0 Å². The number of aromatic amines is 1. The summed E-state index contributed by atoms with van der Waals surface area (Å²) in [5, 5.41) is 10.9. The van der Waals surface area contributed by atoms with Gasteiger partial charge in [0, 0.05) is 49.7 Å². The third kappa shape index (κ3) is 4.86. The van der Waals surface area contributed by atoms with E-state index >= 15 is 0 Å². The van der Waals surface area contributed by atoms with Crippen LogP contribution in [-0.2, 0) is 11.8 Å². The van der Waals surface area contributed by atoms with E-state index in [1.807, 2.05) is 18.0 Å². The van der Waals surface area contributed by atoms with Gasteiger partial charge in [0.2, 0.25) is 11.9 Å². The highest BCUT2D eigenvalue weighted by atomic mass is 19.1. The number of para-hydroxylation sites is 1. The number of halogens is 2. The summed E-state index contributed by atoms with van der Waals surface area (Å²) in [5.41, 5.74) is 2.28. The number of aromatic nitrogens is 5. The maximum Gasteiger partial charge on any atom is 0.256 e. The summed E-state index contributed by atoms with van der Waals surface area (Å²) in [4.78, 5) is 29.3. The maximum absolute atomic E-state index is 15.0. The molecule has 2 aliphatic heterocycles. The minimum atomic E-state index is -1.04. The summed E-state index contributed by atoms with van der Waals surface area (Å²) < 4.78 is 36.3. The van der Waals surface area contributed by atoms with Crippen molar-refractivity contribution in [2.45, 2.75) is 31.1 Å². The Kier molecular flexibility index (Phi) is 6.84.